The van der Waals surface area contributed by atoms with Crippen molar-refractivity contribution in [3.63, 3.8) is 0 Å². The molecular weight excluding hydrogens is 386 g/mol. The molecule has 4 rings (SSSR count). The van der Waals surface area contributed by atoms with E-state index in [1.54, 1.807) is 0 Å². The number of rotatable bonds is 6. The molecule has 0 aliphatic heterocycles. The molecule has 0 nitrogen and oxygen atoms in total. The second kappa shape index (κ2) is 11.1. The van der Waals surface area contributed by atoms with Crippen LogP contribution in [0.25, 0.3) is 0 Å². The molecule has 2 atom stereocenters. The predicted molar refractivity (Wildman–Crippen MR) is 127 cm³/mol. The Bertz CT molecular complexity index is 572. The lowest BCUT2D eigenvalue weighted by Gasteiger charge is -2.41. The Morgan fingerprint density at radius 2 is 0.903 bits per heavy atom. The molecule has 0 N–H and O–H groups in total. The summed E-state index contributed by atoms with van der Waals surface area (Å²) in [5.74, 6) is 3.51. The minimum Gasteiger partial charge on any atom is -0.209 e. The van der Waals surface area contributed by atoms with Gasteiger partial charge in [0.1, 0.15) is 11.7 Å². The Hall–Kier alpha value is -0.400. The largest absolute Gasteiger partial charge is 0.209 e. The maximum absolute atomic E-state index is 15.3. The van der Waals surface area contributed by atoms with Crippen LogP contribution >= 0.6 is 0 Å². The molecule has 0 bridgehead atoms. The lowest BCUT2D eigenvalue weighted by molar-refractivity contribution is 0.105. The van der Waals surface area contributed by atoms with E-state index in [1.165, 1.54) is 70.6 Å². The average Bonchev–Trinajstić information content (AvgIpc) is 2.82. The highest BCUT2D eigenvalue weighted by atomic mass is 19.2. The Morgan fingerprint density at radius 3 is 1.35 bits per heavy atom. The van der Waals surface area contributed by atoms with Crippen LogP contribution in [-0.2, 0) is 0 Å². The summed E-state index contributed by atoms with van der Waals surface area (Å²) in [6, 6.07) is 0. The minimum absolute atomic E-state index is 0.107. The highest BCUT2D eigenvalue weighted by molar-refractivity contribution is 5.14. The van der Waals surface area contributed by atoms with Crippen molar-refractivity contribution in [2.24, 2.45) is 47.3 Å². The van der Waals surface area contributed by atoms with Crippen molar-refractivity contribution in [3.05, 3.63) is 11.7 Å². The molecule has 178 valence electrons. The third-order valence-electron chi connectivity index (χ3n) is 10.3. The van der Waals surface area contributed by atoms with E-state index < -0.39 is 0 Å². The molecule has 31 heavy (non-hydrogen) atoms. The first-order valence-corrected chi connectivity index (χ1v) is 14.2. The van der Waals surface area contributed by atoms with Crippen LogP contribution < -0.4 is 0 Å². The van der Waals surface area contributed by atoms with E-state index in [4.69, 9.17) is 0 Å². The first-order chi connectivity index (χ1) is 15.1. The molecule has 2 heteroatoms. The highest BCUT2D eigenvalue weighted by Crippen LogP contribution is 2.51. The number of allylic oxidation sites excluding steroid dienone is 2. The van der Waals surface area contributed by atoms with Crippen LogP contribution in [0, 0.1) is 47.3 Å². The van der Waals surface area contributed by atoms with Gasteiger partial charge in [0, 0.05) is 11.8 Å². The van der Waals surface area contributed by atoms with Crippen molar-refractivity contribution >= 4 is 0 Å². The second-order valence-electron chi connectivity index (χ2n) is 11.9. The van der Waals surface area contributed by atoms with E-state index in [2.05, 4.69) is 13.8 Å². The quantitative estimate of drug-likeness (QED) is 0.390. The SMILES string of the molecule is CCCC1CCC(C2CCC(C3CCC(C4CCC(CC)CC4)CC3)C(F)=C2F)CC1. The van der Waals surface area contributed by atoms with Gasteiger partial charge >= 0.3 is 0 Å². The highest BCUT2D eigenvalue weighted by Gasteiger charge is 2.41. The van der Waals surface area contributed by atoms with E-state index in [0.717, 1.165) is 62.2 Å². The standard InChI is InChI=1S/C29H48F2/c1-3-5-21-8-12-24(13-9-21)26-18-19-27(29(31)28(26)30)25-16-14-23(15-17-25)22-10-6-20(4-2)7-11-22/h20-27H,3-19H2,1-2H3. The zero-order valence-corrected chi connectivity index (χ0v) is 20.4. The van der Waals surface area contributed by atoms with Crippen LogP contribution in [0.2, 0.25) is 0 Å². The molecule has 0 amide bonds. The van der Waals surface area contributed by atoms with Gasteiger partial charge in [-0.1, -0.05) is 58.8 Å². The molecule has 0 saturated heterocycles. The molecule has 0 aromatic heterocycles. The normalized spacial score (nSPS) is 42.6. The van der Waals surface area contributed by atoms with Crippen molar-refractivity contribution in [2.75, 3.05) is 0 Å². The third kappa shape index (κ3) is 5.57. The van der Waals surface area contributed by atoms with Gasteiger partial charge in [-0.25, -0.2) is 8.78 Å². The topological polar surface area (TPSA) is 0 Å². The van der Waals surface area contributed by atoms with Crippen molar-refractivity contribution < 1.29 is 8.78 Å². The molecule has 4 aliphatic carbocycles. The third-order valence-corrected chi connectivity index (χ3v) is 10.3. The van der Waals surface area contributed by atoms with E-state index in [9.17, 15) is 0 Å². The summed E-state index contributed by atoms with van der Waals surface area (Å²) in [6.07, 6.45) is 20.9. The summed E-state index contributed by atoms with van der Waals surface area (Å²) in [5.41, 5.74) is 0. The molecule has 3 fully saturated rings. The maximum atomic E-state index is 15.3. The van der Waals surface area contributed by atoms with Gasteiger partial charge in [0.25, 0.3) is 0 Å². The Kier molecular flexibility index (Phi) is 8.54. The number of halogens is 2. The predicted octanol–water partition coefficient (Wildman–Crippen LogP) is 9.79. The molecule has 0 aromatic rings. The molecule has 2 unspecified atom stereocenters. The van der Waals surface area contributed by atoms with E-state index in [0.29, 0.717) is 11.8 Å². The zero-order chi connectivity index (χ0) is 21.8. The fourth-order valence-electron chi connectivity index (χ4n) is 8.23. The Morgan fingerprint density at radius 1 is 0.516 bits per heavy atom. The van der Waals surface area contributed by atoms with Crippen LogP contribution in [0.5, 0.6) is 0 Å². The first-order valence-electron chi connectivity index (χ1n) is 14.2. The lowest BCUT2D eigenvalue weighted by atomic mass is 9.64. The summed E-state index contributed by atoms with van der Waals surface area (Å²) >= 11 is 0. The van der Waals surface area contributed by atoms with Gasteiger partial charge in [0.05, 0.1) is 0 Å². The molecule has 3 saturated carbocycles. The van der Waals surface area contributed by atoms with Crippen molar-refractivity contribution in [1.82, 2.24) is 0 Å². The Labute approximate surface area is 191 Å². The first kappa shape index (κ1) is 23.7. The van der Waals surface area contributed by atoms with Gasteiger partial charge in [0.15, 0.2) is 0 Å². The smallest absolute Gasteiger partial charge is 0.135 e. The summed E-state index contributed by atoms with van der Waals surface area (Å²) in [7, 11) is 0. The van der Waals surface area contributed by atoms with E-state index >= 15 is 8.78 Å². The number of hydrogen-bond acceptors (Lipinski definition) is 0. The van der Waals surface area contributed by atoms with E-state index in [-0.39, 0.29) is 23.5 Å². The summed E-state index contributed by atoms with van der Waals surface area (Å²) in [5, 5.41) is 0. The average molecular weight is 435 g/mol. The molecule has 0 heterocycles. The van der Waals surface area contributed by atoms with Crippen LogP contribution in [0.15, 0.2) is 11.7 Å². The summed E-state index contributed by atoms with van der Waals surface area (Å²) in [6.45, 7) is 4.60. The van der Waals surface area contributed by atoms with Gasteiger partial charge in [-0.3, -0.25) is 0 Å². The summed E-state index contributed by atoms with van der Waals surface area (Å²) in [4.78, 5) is 0. The Balaban J connectivity index is 1.28. The monoisotopic (exact) mass is 434 g/mol. The summed E-state index contributed by atoms with van der Waals surface area (Å²) < 4.78 is 30.5. The van der Waals surface area contributed by atoms with Crippen LogP contribution in [0.3, 0.4) is 0 Å². The van der Waals surface area contributed by atoms with Gasteiger partial charge in [-0.15, -0.1) is 0 Å². The maximum Gasteiger partial charge on any atom is 0.135 e. The number of hydrogen-bond donors (Lipinski definition) is 0. The van der Waals surface area contributed by atoms with Gasteiger partial charge < -0.3 is 0 Å². The van der Waals surface area contributed by atoms with Gasteiger partial charge in [-0.05, 0) is 99.7 Å². The van der Waals surface area contributed by atoms with Gasteiger partial charge in [0.2, 0.25) is 0 Å². The minimum atomic E-state index is -0.324. The van der Waals surface area contributed by atoms with Crippen molar-refractivity contribution in [1.29, 1.82) is 0 Å². The van der Waals surface area contributed by atoms with Crippen LogP contribution in [0.1, 0.15) is 123 Å². The molecule has 0 aromatic carbocycles. The fraction of sp³-hybridized carbons (Fsp3) is 0.931. The molecule has 0 radical (unpaired) electrons. The van der Waals surface area contributed by atoms with Gasteiger partial charge in [-0.2, -0.15) is 0 Å². The lowest BCUT2D eigenvalue weighted by Crippen LogP contribution is -2.32. The molecule has 4 aliphatic rings. The van der Waals surface area contributed by atoms with E-state index in [1.807, 2.05) is 0 Å². The van der Waals surface area contributed by atoms with Crippen molar-refractivity contribution in [3.8, 4) is 0 Å². The van der Waals surface area contributed by atoms with Crippen molar-refractivity contribution in [2.45, 2.75) is 123 Å². The molecular formula is C29H48F2. The zero-order valence-electron chi connectivity index (χ0n) is 20.4. The van der Waals surface area contributed by atoms with Crippen LogP contribution in [0.4, 0.5) is 8.78 Å². The second-order valence-corrected chi connectivity index (χ2v) is 11.9. The molecule has 0 spiro atoms. The fourth-order valence-corrected chi connectivity index (χ4v) is 8.23. The van der Waals surface area contributed by atoms with Crippen LogP contribution in [-0.4, -0.2) is 0 Å².